The molecule has 0 amide bonds. The molecule has 0 unspecified atom stereocenters. The van der Waals surface area contributed by atoms with Crippen molar-refractivity contribution in [1.29, 1.82) is 0 Å². The molecular weight excluding hydrogens is 266 g/mol. The van der Waals surface area contributed by atoms with E-state index in [1.807, 2.05) is 6.07 Å². The van der Waals surface area contributed by atoms with Gasteiger partial charge >= 0.3 is 0 Å². The molecule has 16 heavy (non-hydrogen) atoms. The van der Waals surface area contributed by atoms with E-state index in [2.05, 4.69) is 41.2 Å². The molecule has 88 valence electrons. The van der Waals surface area contributed by atoms with E-state index in [4.69, 9.17) is 4.74 Å². The molecule has 1 aromatic carbocycles. The minimum atomic E-state index is 0.399. The van der Waals surface area contributed by atoms with Gasteiger partial charge in [-0.3, -0.25) is 0 Å². The van der Waals surface area contributed by atoms with Gasteiger partial charge in [0.05, 0.1) is 7.11 Å². The Hall–Kier alpha value is -0.540. The third kappa shape index (κ3) is 1.98. The molecule has 0 aliphatic carbocycles. The number of hydrogen-bond donors (Lipinski definition) is 1. The van der Waals surface area contributed by atoms with Crippen LogP contribution in [-0.4, -0.2) is 13.7 Å². The summed E-state index contributed by atoms with van der Waals surface area (Å²) < 4.78 is 6.69. The van der Waals surface area contributed by atoms with Crippen LogP contribution in [-0.2, 0) is 6.42 Å². The first-order valence-corrected chi connectivity index (χ1v) is 6.53. The summed E-state index contributed by atoms with van der Waals surface area (Å²) >= 11 is 3.64. The highest BCUT2D eigenvalue weighted by molar-refractivity contribution is 9.10. The SMILES string of the molecule is COc1ccc(Br)c2c1[C@@H](C(C)C)NCC2. The molecule has 2 rings (SSSR count). The second kappa shape index (κ2) is 4.76. The maximum absolute atomic E-state index is 5.49. The van der Waals surface area contributed by atoms with Crippen molar-refractivity contribution in [2.24, 2.45) is 5.92 Å². The van der Waals surface area contributed by atoms with Crippen LogP contribution in [0.1, 0.15) is 31.0 Å². The van der Waals surface area contributed by atoms with E-state index < -0.39 is 0 Å². The topological polar surface area (TPSA) is 21.3 Å². The minimum absolute atomic E-state index is 0.399. The fourth-order valence-corrected chi connectivity index (χ4v) is 2.96. The molecule has 0 fully saturated rings. The fourth-order valence-electron chi connectivity index (χ4n) is 2.41. The zero-order chi connectivity index (χ0) is 11.7. The number of ether oxygens (including phenoxy) is 1. The summed E-state index contributed by atoms with van der Waals surface area (Å²) in [6.07, 6.45) is 1.07. The monoisotopic (exact) mass is 283 g/mol. The van der Waals surface area contributed by atoms with Crippen LogP contribution in [0.2, 0.25) is 0 Å². The molecule has 1 heterocycles. The highest BCUT2D eigenvalue weighted by Crippen LogP contribution is 2.39. The number of nitrogens with one attached hydrogen (secondary N) is 1. The van der Waals surface area contributed by atoms with Crippen LogP contribution in [0.4, 0.5) is 0 Å². The number of fused-ring (bicyclic) bond motifs is 1. The largest absolute Gasteiger partial charge is 0.496 e. The second-order valence-electron chi connectivity index (χ2n) is 4.57. The van der Waals surface area contributed by atoms with Crippen molar-refractivity contribution in [1.82, 2.24) is 5.32 Å². The molecule has 1 aliphatic heterocycles. The Balaban J connectivity index is 2.55. The van der Waals surface area contributed by atoms with Gasteiger partial charge in [-0.25, -0.2) is 0 Å². The summed E-state index contributed by atoms with van der Waals surface area (Å²) in [6.45, 7) is 5.53. The Morgan fingerprint density at radius 1 is 1.44 bits per heavy atom. The van der Waals surface area contributed by atoms with Gasteiger partial charge in [0.25, 0.3) is 0 Å². The van der Waals surface area contributed by atoms with Gasteiger partial charge in [-0.2, -0.15) is 0 Å². The maximum atomic E-state index is 5.49. The van der Waals surface area contributed by atoms with Crippen LogP contribution in [0.3, 0.4) is 0 Å². The van der Waals surface area contributed by atoms with Crippen LogP contribution >= 0.6 is 15.9 Å². The van der Waals surface area contributed by atoms with Crippen molar-refractivity contribution < 1.29 is 4.74 Å². The molecule has 2 nitrogen and oxygen atoms in total. The molecule has 0 saturated heterocycles. The van der Waals surface area contributed by atoms with Crippen molar-refractivity contribution in [3.63, 3.8) is 0 Å². The summed E-state index contributed by atoms with van der Waals surface area (Å²) in [5.41, 5.74) is 2.73. The summed E-state index contributed by atoms with van der Waals surface area (Å²) in [7, 11) is 1.75. The van der Waals surface area contributed by atoms with Gasteiger partial charge in [-0.1, -0.05) is 29.8 Å². The first-order valence-electron chi connectivity index (χ1n) is 5.73. The van der Waals surface area contributed by atoms with E-state index >= 15 is 0 Å². The normalized spacial score (nSPS) is 19.7. The Bertz CT molecular complexity index is 390. The van der Waals surface area contributed by atoms with Gasteiger partial charge in [0.2, 0.25) is 0 Å². The smallest absolute Gasteiger partial charge is 0.123 e. The van der Waals surface area contributed by atoms with Gasteiger partial charge in [-0.05, 0) is 36.6 Å². The predicted molar refractivity (Wildman–Crippen MR) is 70.0 cm³/mol. The molecule has 0 spiro atoms. The van der Waals surface area contributed by atoms with Gasteiger partial charge in [0.1, 0.15) is 5.75 Å². The molecule has 0 bridgehead atoms. The summed E-state index contributed by atoms with van der Waals surface area (Å²) in [5, 5.41) is 3.58. The van der Waals surface area contributed by atoms with Crippen molar-refractivity contribution in [2.75, 3.05) is 13.7 Å². The van der Waals surface area contributed by atoms with E-state index in [-0.39, 0.29) is 0 Å². The first-order chi connectivity index (χ1) is 7.65. The van der Waals surface area contributed by atoms with E-state index in [9.17, 15) is 0 Å². The molecule has 1 aromatic rings. The summed E-state index contributed by atoms with van der Waals surface area (Å²) in [5.74, 6) is 1.58. The van der Waals surface area contributed by atoms with Gasteiger partial charge < -0.3 is 10.1 Å². The standard InChI is InChI=1S/C13H18BrNO/c1-8(2)13-12-9(6-7-15-13)10(14)4-5-11(12)16-3/h4-5,8,13,15H,6-7H2,1-3H3/t13-/m1/s1. The van der Waals surface area contributed by atoms with E-state index in [0.717, 1.165) is 18.7 Å². The van der Waals surface area contributed by atoms with Gasteiger partial charge in [0.15, 0.2) is 0 Å². The van der Waals surface area contributed by atoms with Crippen LogP contribution in [0.5, 0.6) is 5.75 Å². The van der Waals surface area contributed by atoms with Crippen molar-refractivity contribution in [2.45, 2.75) is 26.3 Å². The Morgan fingerprint density at radius 3 is 2.81 bits per heavy atom. The Kier molecular flexibility index (Phi) is 3.55. The van der Waals surface area contributed by atoms with Crippen LogP contribution in [0.25, 0.3) is 0 Å². The van der Waals surface area contributed by atoms with Crippen LogP contribution in [0.15, 0.2) is 16.6 Å². The summed E-state index contributed by atoms with van der Waals surface area (Å²) in [4.78, 5) is 0. The van der Waals surface area contributed by atoms with Gasteiger partial charge in [-0.15, -0.1) is 0 Å². The lowest BCUT2D eigenvalue weighted by molar-refractivity contribution is 0.357. The lowest BCUT2D eigenvalue weighted by atomic mass is 9.87. The Labute approximate surface area is 106 Å². The zero-order valence-electron chi connectivity index (χ0n) is 10.0. The van der Waals surface area contributed by atoms with E-state index in [1.165, 1.54) is 15.6 Å². The Morgan fingerprint density at radius 2 is 2.19 bits per heavy atom. The van der Waals surface area contributed by atoms with Gasteiger partial charge in [0, 0.05) is 16.1 Å². The highest BCUT2D eigenvalue weighted by atomic mass is 79.9. The second-order valence-corrected chi connectivity index (χ2v) is 5.42. The molecule has 0 saturated carbocycles. The third-order valence-electron chi connectivity index (χ3n) is 3.20. The lowest BCUT2D eigenvalue weighted by Gasteiger charge is -2.32. The number of benzene rings is 1. The molecular formula is C13H18BrNO. The molecule has 0 radical (unpaired) electrons. The summed E-state index contributed by atoms with van der Waals surface area (Å²) in [6, 6.07) is 4.53. The molecule has 1 N–H and O–H groups in total. The minimum Gasteiger partial charge on any atom is -0.496 e. The average molecular weight is 284 g/mol. The lowest BCUT2D eigenvalue weighted by Crippen LogP contribution is -2.33. The quantitative estimate of drug-likeness (QED) is 0.899. The molecule has 0 aromatic heterocycles. The average Bonchev–Trinajstić information content (AvgIpc) is 2.29. The van der Waals surface area contributed by atoms with Crippen LogP contribution < -0.4 is 10.1 Å². The third-order valence-corrected chi connectivity index (χ3v) is 3.94. The molecule has 1 aliphatic rings. The first kappa shape index (κ1) is 11.9. The predicted octanol–water partition coefficient (Wildman–Crippen LogP) is 3.30. The van der Waals surface area contributed by atoms with E-state index in [0.29, 0.717) is 12.0 Å². The van der Waals surface area contributed by atoms with E-state index in [1.54, 1.807) is 7.11 Å². The molecule has 3 heteroatoms. The van der Waals surface area contributed by atoms with Crippen LogP contribution in [0, 0.1) is 5.92 Å². The fraction of sp³-hybridized carbons (Fsp3) is 0.538. The number of rotatable bonds is 2. The zero-order valence-corrected chi connectivity index (χ0v) is 11.6. The van der Waals surface area contributed by atoms with Crippen molar-refractivity contribution in [3.8, 4) is 5.75 Å². The molecule has 1 atom stereocenters. The number of methoxy groups -OCH3 is 1. The highest BCUT2D eigenvalue weighted by Gasteiger charge is 2.27. The van der Waals surface area contributed by atoms with Crippen molar-refractivity contribution >= 4 is 15.9 Å². The maximum Gasteiger partial charge on any atom is 0.123 e. The number of hydrogen-bond acceptors (Lipinski definition) is 2. The van der Waals surface area contributed by atoms with Crippen molar-refractivity contribution in [3.05, 3.63) is 27.7 Å². The number of halogens is 1.